The van der Waals surface area contributed by atoms with Gasteiger partial charge in [0.05, 0.1) is 5.92 Å². The number of benzene rings is 2. The van der Waals surface area contributed by atoms with Crippen LogP contribution in [0.4, 0.5) is 0 Å². The second-order valence-electron chi connectivity index (χ2n) is 5.72. The zero-order valence-corrected chi connectivity index (χ0v) is 14.1. The van der Waals surface area contributed by atoms with Crippen molar-refractivity contribution in [3.8, 4) is 0 Å². The van der Waals surface area contributed by atoms with E-state index >= 15 is 0 Å². The van der Waals surface area contributed by atoms with Crippen LogP contribution in [0.1, 0.15) is 30.9 Å². The maximum absolute atomic E-state index is 12.5. The molecule has 22 heavy (non-hydrogen) atoms. The molecule has 2 nitrogen and oxygen atoms in total. The minimum atomic E-state index is -0.236. The Bertz CT molecular complexity index is 599. The van der Waals surface area contributed by atoms with Gasteiger partial charge in [-0.15, -0.1) is 0 Å². The third-order valence-corrected chi connectivity index (χ3v) is 5.22. The Morgan fingerprint density at radius 1 is 1.14 bits per heavy atom. The van der Waals surface area contributed by atoms with E-state index in [9.17, 15) is 4.79 Å². The van der Waals surface area contributed by atoms with Crippen molar-refractivity contribution in [2.75, 3.05) is 0 Å². The summed E-state index contributed by atoms with van der Waals surface area (Å²) in [6, 6.07) is 20.5. The summed E-state index contributed by atoms with van der Waals surface area (Å²) >= 11 is 3.38. The molecule has 0 saturated heterocycles. The van der Waals surface area contributed by atoms with Crippen molar-refractivity contribution in [3.05, 3.63) is 71.8 Å². The summed E-state index contributed by atoms with van der Waals surface area (Å²) in [5.41, 5.74) is 2.14. The van der Waals surface area contributed by atoms with Crippen LogP contribution in [0.25, 0.3) is 0 Å². The molecule has 1 aliphatic rings. The average molecular weight is 359 g/mol. The fourth-order valence-electron chi connectivity index (χ4n) is 3.11. The van der Waals surface area contributed by atoms with Gasteiger partial charge in [0.15, 0.2) is 5.01 Å². The third-order valence-electron chi connectivity index (χ3n) is 4.39. The van der Waals surface area contributed by atoms with Crippen molar-refractivity contribution in [2.45, 2.75) is 30.2 Å². The molecule has 2 unspecified atom stereocenters. The van der Waals surface area contributed by atoms with Crippen LogP contribution in [0.2, 0.25) is 0 Å². The highest BCUT2D eigenvalue weighted by Gasteiger charge is 2.61. The first-order valence-corrected chi connectivity index (χ1v) is 8.55. The van der Waals surface area contributed by atoms with E-state index < -0.39 is 0 Å². The Morgan fingerprint density at radius 2 is 1.64 bits per heavy atom. The number of esters is 1. The molecule has 0 aliphatic heterocycles. The van der Waals surface area contributed by atoms with Gasteiger partial charge in [-0.05, 0) is 39.9 Å². The number of alkyl halides is 1. The second kappa shape index (κ2) is 6.25. The molecule has 1 saturated carbocycles. The van der Waals surface area contributed by atoms with Crippen molar-refractivity contribution in [1.82, 2.24) is 0 Å². The molecule has 0 spiro atoms. The third kappa shape index (κ3) is 2.70. The molecule has 3 rings (SSSR count). The Hall–Kier alpha value is -1.61. The predicted octanol–water partition coefficient (Wildman–Crippen LogP) is 4.67. The highest BCUT2D eigenvalue weighted by Crippen LogP contribution is 2.59. The van der Waals surface area contributed by atoms with E-state index in [2.05, 4.69) is 40.2 Å². The van der Waals surface area contributed by atoms with Gasteiger partial charge in [0.2, 0.25) is 0 Å². The molecule has 1 aliphatic carbocycles. The maximum atomic E-state index is 12.5. The van der Waals surface area contributed by atoms with E-state index in [4.69, 9.17) is 4.74 Å². The molecule has 0 aromatic heterocycles. The fourth-order valence-corrected chi connectivity index (χ4v) is 3.30. The summed E-state index contributed by atoms with van der Waals surface area (Å²) in [7, 11) is 0. The molecule has 0 radical (unpaired) electrons. The largest absolute Gasteiger partial charge is 0.450 e. The lowest BCUT2D eigenvalue weighted by Gasteiger charge is -2.19. The monoisotopic (exact) mass is 358 g/mol. The van der Waals surface area contributed by atoms with Crippen LogP contribution in [-0.2, 0) is 14.9 Å². The summed E-state index contributed by atoms with van der Waals surface area (Å²) in [6.45, 7) is 1.99. The minimum absolute atomic E-state index is 0.108. The van der Waals surface area contributed by atoms with Crippen LogP contribution < -0.4 is 0 Å². The lowest BCUT2D eigenvalue weighted by atomic mass is 9.86. The van der Waals surface area contributed by atoms with Crippen molar-refractivity contribution < 1.29 is 9.53 Å². The maximum Gasteiger partial charge on any atom is 0.311 e. The summed E-state index contributed by atoms with van der Waals surface area (Å²) in [6.07, 6.45) is 1.57. The molecule has 0 bridgehead atoms. The highest BCUT2D eigenvalue weighted by atomic mass is 79.9. The number of carbonyl (C=O) groups excluding carboxylic acids is 1. The van der Waals surface area contributed by atoms with Crippen molar-refractivity contribution in [1.29, 1.82) is 0 Å². The molecule has 0 N–H and O–H groups in total. The Morgan fingerprint density at radius 3 is 2.09 bits per heavy atom. The van der Waals surface area contributed by atoms with Crippen molar-refractivity contribution in [2.24, 2.45) is 5.92 Å². The van der Waals surface area contributed by atoms with E-state index in [-0.39, 0.29) is 22.3 Å². The fraction of sp³-hybridized carbons (Fsp3) is 0.316. The molecular formula is C19H19BrO2. The predicted molar refractivity (Wildman–Crippen MR) is 90.9 cm³/mol. The first kappa shape index (κ1) is 15.3. The van der Waals surface area contributed by atoms with Gasteiger partial charge in [-0.25, -0.2) is 0 Å². The van der Waals surface area contributed by atoms with Gasteiger partial charge in [-0.3, -0.25) is 4.79 Å². The van der Waals surface area contributed by atoms with Gasteiger partial charge in [-0.2, -0.15) is 0 Å². The van der Waals surface area contributed by atoms with Crippen molar-refractivity contribution in [3.63, 3.8) is 0 Å². The minimum Gasteiger partial charge on any atom is -0.450 e. The Labute approximate surface area is 139 Å². The molecule has 2 aromatic carbocycles. The Balaban J connectivity index is 1.93. The van der Waals surface area contributed by atoms with Gasteiger partial charge >= 0.3 is 5.97 Å². The van der Waals surface area contributed by atoms with Gasteiger partial charge < -0.3 is 4.74 Å². The van der Waals surface area contributed by atoms with Crippen LogP contribution in [0.5, 0.6) is 0 Å². The van der Waals surface area contributed by atoms with Gasteiger partial charge in [0.25, 0.3) is 0 Å². The summed E-state index contributed by atoms with van der Waals surface area (Å²) in [4.78, 5) is 12.5. The Kier molecular flexibility index (Phi) is 4.34. The average Bonchev–Trinajstić information content (AvgIpc) is 3.33. The standard InChI is InChI=1S/C19H19BrO2/c1-2-17(20)22-18(21)16-13-19(16,14-9-5-3-6-10-14)15-11-7-4-8-12-15/h3-12,16-17H,2,13H2,1H3. The summed E-state index contributed by atoms with van der Waals surface area (Å²) in [5.74, 6) is -0.222. The van der Waals surface area contributed by atoms with Crippen molar-refractivity contribution >= 4 is 21.9 Å². The van der Waals surface area contributed by atoms with E-state index in [1.165, 1.54) is 11.1 Å². The van der Waals surface area contributed by atoms with Crippen LogP contribution in [0.3, 0.4) is 0 Å². The number of rotatable bonds is 5. The zero-order chi connectivity index (χ0) is 15.6. The number of hydrogen-bond acceptors (Lipinski definition) is 2. The molecular weight excluding hydrogens is 340 g/mol. The SMILES string of the molecule is CCC(Br)OC(=O)C1CC1(c1ccccc1)c1ccccc1. The lowest BCUT2D eigenvalue weighted by molar-refractivity contribution is -0.146. The normalized spacial score (nSPS) is 20.2. The van der Waals surface area contributed by atoms with Crippen LogP contribution in [0, 0.1) is 5.92 Å². The molecule has 0 heterocycles. The summed E-state index contributed by atoms with van der Waals surface area (Å²) in [5, 5.41) is -0.204. The van der Waals surface area contributed by atoms with Gasteiger partial charge in [0, 0.05) is 5.41 Å². The molecule has 1 fully saturated rings. The quantitative estimate of drug-likeness (QED) is 0.573. The van der Waals surface area contributed by atoms with E-state index in [0.29, 0.717) is 0 Å². The van der Waals surface area contributed by atoms with Gasteiger partial charge in [-0.1, -0.05) is 67.6 Å². The summed E-state index contributed by atoms with van der Waals surface area (Å²) < 4.78 is 5.50. The van der Waals surface area contributed by atoms with Gasteiger partial charge in [0.1, 0.15) is 0 Å². The first-order valence-electron chi connectivity index (χ1n) is 7.64. The number of carbonyl (C=O) groups is 1. The topological polar surface area (TPSA) is 26.3 Å². The van der Waals surface area contributed by atoms with Crippen LogP contribution >= 0.6 is 15.9 Å². The number of ether oxygens (including phenoxy) is 1. The molecule has 114 valence electrons. The molecule has 3 heteroatoms. The lowest BCUT2D eigenvalue weighted by Crippen LogP contribution is -2.21. The zero-order valence-electron chi connectivity index (χ0n) is 12.5. The number of halogens is 1. The van der Waals surface area contributed by atoms with Crippen LogP contribution in [0.15, 0.2) is 60.7 Å². The first-order chi connectivity index (χ1) is 10.7. The number of hydrogen-bond donors (Lipinski definition) is 0. The van der Waals surface area contributed by atoms with Crippen LogP contribution in [-0.4, -0.2) is 11.0 Å². The smallest absolute Gasteiger partial charge is 0.311 e. The van der Waals surface area contributed by atoms with E-state index in [0.717, 1.165) is 12.8 Å². The van der Waals surface area contributed by atoms with E-state index in [1.807, 2.05) is 43.3 Å². The second-order valence-corrected chi connectivity index (χ2v) is 6.74. The highest BCUT2D eigenvalue weighted by molar-refractivity contribution is 9.09. The van der Waals surface area contributed by atoms with E-state index in [1.54, 1.807) is 0 Å². The molecule has 0 amide bonds. The molecule has 2 aromatic rings. The molecule has 2 atom stereocenters.